The Hall–Kier alpha value is -3.09. The van der Waals surface area contributed by atoms with Crippen LogP contribution in [0, 0.1) is 6.92 Å². The van der Waals surface area contributed by atoms with Crippen LogP contribution >= 0.6 is 0 Å². The maximum absolute atomic E-state index is 12.9. The predicted octanol–water partition coefficient (Wildman–Crippen LogP) is 2.79. The van der Waals surface area contributed by atoms with E-state index in [9.17, 15) is 14.4 Å². The first kappa shape index (κ1) is 19.7. The molecular weight excluding hydrogens is 358 g/mol. The number of urea groups is 1. The quantitative estimate of drug-likeness (QED) is 0.746. The average molecular weight is 383 g/mol. The largest absolute Gasteiger partial charge is 0.466 e. The van der Waals surface area contributed by atoms with Gasteiger partial charge in [-0.15, -0.1) is 0 Å². The second-order valence-electron chi connectivity index (χ2n) is 7.22. The van der Waals surface area contributed by atoms with Crippen LogP contribution in [0.15, 0.2) is 47.1 Å². The number of hydrogen-bond acceptors (Lipinski definition) is 4. The van der Waals surface area contributed by atoms with E-state index < -0.39 is 17.5 Å². The summed E-state index contributed by atoms with van der Waals surface area (Å²) >= 11 is 0. The van der Waals surface area contributed by atoms with E-state index in [2.05, 4.69) is 5.32 Å². The number of benzene rings is 1. The molecule has 0 saturated carbocycles. The standard InChI is InChI=1S/C21H25N3O4/c1-4-11-23(13-16-9-7-15(2)8-10-16)18(25)14-24-19(26)21(3,22-20(24)27)17-6-5-12-28-17/h5-10,12H,4,11,13-14H2,1-3H3,(H,22,27). The Bertz CT molecular complexity index is 860. The summed E-state index contributed by atoms with van der Waals surface area (Å²) in [5.74, 6) is -0.423. The van der Waals surface area contributed by atoms with Gasteiger partial charge in [-0.05, 0) is 38.0 Å². The fourth-order valence-electron chi connectivity index (χ4n) is 3.28. The minimum Gasteiger partial charge on any atom is -0.466 e. The normalized spacial score (nSPS) is 19.0. The van der Waals surface area contributed by atoms with Crippen molar-refractivity contribution in [2.45, 2.75) is 39.3 Å². The van der Waals surface area contributed by atoms with Crippen molar-refractivity contribution in [3.8, 4) is 0 Å². The monoisotopic (exact) mass is 383 g/mol. The third-order valence-corrected chi connectivity index (χ3v) is 4.92. The van der Waals surface area contributed by atoms with Gasteiger partial charge in [-0.25, -0.2) is 4.79 Å². The first-order chi connectivity index (χ1) is 13.3. The van der Waals surface area contributed by atoms with Gasteiger partial charge in [0.2, 0.25) is 5.91 Å². The molecule has 0 bridgehead atoms. The number of imide groups is 1. The van der Waals surface area contributed by atoms with Crippen molar-refractivity contribution in [3.63, 3.8) is 0 Å². The summed E-state index contributed by atoms with van der Waals surface area (Å²) in [5.41, 5.74) is 0.853. The van der Waals surface area contributed by atoms with Crippen molar-refractivity contribution < 1.29 is 18.8 Å². The van der Waals surface area contributed by atoms with Gasteiger partial charge in [-0.1, -0.05) is 36.8 Å². The molecule has 28 heavy (non-hydrogen) atoms. The number of hydrogen-bond donors (Lipinski definition) is 1. The van der Waals surface area contributed by atoms with E-state index in [1.807, 2.05) is 38.1 Å². The molecule has 1 aliphatic heterocycles. The molecule has 0 aliphatic carbocycles. The molecule has 7 nitrogen and oxygen atoms in total. The van der Waals surface area contributed by atoms with Crippen molar-refractivity contribution in [1.82, 2.24) is 15.1 Å². The van der Waals surface area contributed by atoms with Gasteiger partial charge in [-0.2, -0.15) is 0 Å². The second-order valence-corrected chi connectivity index (χ2v) is 7.22. The molecule has 1 atom stereocenters. The van der Waals surface area contributed by atoms with Gasteiger partial charge >= 0.3 is 6.03 Å². The van der Waals surface area contributed by atoms with Gasteiger partial charge < -0.3 is 14.6 Å². The lowest BCUT2D eigenvalue weighted by Gasteiger charge is -2.25. The molecule has 1 aromatic carbocycles. The molecule has 1 N–H and O–H groups in total. The van der Waals surface area contributed by atoms with E-state index >= 15 is 0 Å². The van der Waals surface area contributed by atoms with Crippen LogP contribution in [0.4, 0.5) is 4.79 Å². The lowest BCUT2D eigenvalue weighted by Crippen LogP contribution is -2.44. The lowest BCUT2D eigenvalue weighted by atomic mass is 9.99. The van der Waals surface area contributed by atoms with E-state index in [0.29, 0.717) is 18.8 Å². The Morgan fingerprint density at radius 2 is 1.93 bits per heavy atom. The van der Waals surface area contributed by atoms with Crippen molar-refractivity contribution in [3.05, 3.63) is 59.5 Å². The summed E-state index contributed by atoms with van der Waals surface area (Å²) in [6, 6.07) is 10.6. The Labute approximate surface area is 164 Å². The fraction of sp³-hybridized carbons (Fsp3) is 0.381. The number of carbonyl (C=O) groups excluding carboxylic acids is 3. The van der Waals surface area contributed by atoms with E-state index in [1.54, 1.807) is 24.0 Å². The van der Waals surface area contributed by atoms with Crippen LogP contribution in [0.3, 0.4) is 0 Å². The highest BCUT2D eigenvalue weighted by molar-refractivity contribution is 6.08. The van der Waals surface area contributed by atoms with Gasteiger partial charge in [0.15, 0.2) is 5.54 Å². The second kappa shape index (κ2) is 7.88. The molecule has 1 saturated heterocycles. The van der Waals surface area contributed by atoms with Crippen molar-refractivity contribution in [1.29, 1.82) is 0 Å². The van der Waals surface area contributed by atoms with Crippen LogP contribution < -0.4 is 5.32 Å². The van der Waals surface area contributed by atoms with Crippen LogP contribution in [0.25, 0.3) is 0 Å². The minimum absolute atomic E-state index is 0.269. The molecule has 2 heterocycles. The molecule has 4 amide bonds. The molecule has 7 heteroatoms. The van der Waals surface area contributed by atoms with Crippen molar-refractivity contribution in [2.24, 2.45) is 0 Å². The highest BCUT2D eigenvalue weighted by Gasteiger charge is 2.51. The van der Waals surface area contributed by atoms with Gasteiger partial charge in [-0.3, -0.25) is 14.5 Å². The summed E-state index contributed by atoms with van der Waals surface area (Å²) in [5, 5.41) is 2.64. The molecule has 0 radical (unpaired) electrons. The fourth-order valence-corrected chi connectivity index (χ4v) is 3.28. The number of rotatable bonds is 7. The molecule has 1 fully saturated rings. The van der Waals surface area contributed by atoms with Crippen LogP contribution in [-0.2, 0) is 21.7 Å². The van der Waals surface area contributed by atoms with Gasteiger partial charge in [0.1, 0.15) is 12.3 Å². The third kappa shape index (κ3) is 3.78. The van der Waals surface area contributed by atoms with Crippen LogP contribution in [0.2, 0.25) is 0 Å². The summed E-state index contributed by atoms with van der Waals surface area (Å²) in [7, 11) is 0. The summed E-state index contributed by atoms with van der Waals surface area (Å²) < 4.78 is 5.31. The smallest absolute Gasteiger partial charge is 0.325 e. The van der Waals surface area contributed by atoms with Crippen molar-refractivity contribution >= 4 is 17.8 Å². The number of furan rings is 1. The van der Waals surface area contributed by atoms with Gasteiger partial charge in [0, 0.05) is 13.1 Å². The zero-order valence-electron chi connectivity index (χ0n) is 16.4. The average Bonchev–Trinajstić information content (AvgIpc) is 3.28. The highest BCUT2D eigenvalue weighted by Crippen LogP contribution is 2.29. The SMILES string of the molecule is CCCN(Cc1ccc(C)cc1)C(=O)CN1C(=O)NC(C)(c2ccco2)C1=O. The Morgan fingerprint density at radius 1 is 1.21 bits per heavy atom. The predicted molar refractivity (Wildman–Crippen MR) is 103 cm³/mol. The molecule has 1 aliphatic rings. The molecule has 0 spiro atoms. The van der Waals surface area contributed by atoms with E-state index in [1.165, 1.54) is 6.26 Å². The summed E-state index contributed by atoms with van der Waals surface area (Å²) in [6.07, 6.45) is 2.22. The Morgan fingerprint density at radius 3 is 2.54 bits per heavy atom. The zero-order valence-corrected chi connectivity index (χ0v) is 16.4. The first-order valence-corrected chi connectivity index (χ1v) is 9.36. The van der Waals surface area contributed by atoms with Gasteiger partial charge in [0.25, 0.3) is 5.91 Å². The number of carbonyl (C=O) groups is 3. The molecule has 2 aromatic rings. The van der Waals surface area contributed by atoms with Gasteiger partial charge in [0.05, 0.1) is 6.26 Å². The van der Waals surface area contributed by atoms with Crippen LogP contribution in [-0.4, -0.2) is 40.7 Å². The molecule has 1 unspecified atom stereocenters. The number of nitrogens with one attached hydrogen (secondary N) is 1. The highest BCUT2D eigenvalue weighted by atomic mass is 16.3. The number of nitrogens with zero attached hydrogens (tertiary/aromatic N) is 2. The van der Waals surface area contributed by atoms with Crippen LogP contribution in [0.1, 0.15) is 37.2 Å². The third-order valence-electron chi connectivity index (χ3n) is 4.92. The maximum atomic E-state index is 12.9. The Kier molecular flexibility index (Phi) is 5.53. The maximum Gasteiger partial charge on any atom is 0.325 e. The molecule has 148 valence electrons. The van der Waals surface area contributed by atoms with E-state index in [4.69, 9.17) is 4.42 Å². The minimum atomic E-state index is -1.30. The topological polar surface area (TPSA) is 82.9 Å². The van der Waals surface area contributed by atoms with Crippen LogP contribution in [0.5, 0.6) is 0 Å². The molecule has 3 rings (SSSR count). The molecular formula is C21H25N3O4. The lowest BCUT2D eigenvalue weighted by molar-refractivity contribution is -0.139. The first-order valence-electron chi connectivity index (χ1n) is 9.36. The number of aryl methyl sites for hydroxylation is 1. The zero-order chi connectivity index (χ0) is 20.3. The summed E-state index contributed by atoms with van der Waals surface area (Å²) in [4.78, 5) is 40.8. The molecule has 1 aromatic heterocycles. The Balaban J connectivity index is 1.73. The van der Waals surface area contributed by atoms with E-state index in [0.717, 1.165) is 22.4 Å². The summed E-state index contributed by atoms with van der Waals surface area (Å²) in [6.45, 7) is 6.25. The number of amides is 4. The van der Waals surface area contributed by atoms with E-state index in [-0.39, 0.29) is 12.5 Å². The van der Waals surface area contributed by atoms with Crippen molar-refractivity contribution in [2.75, 3.05) is 13.1 Å².